The van der Waals surface area contributed by atoms with E-state index in [-0.39, 0.29) is 0 Å². The van der Waals surface area contributed by atoms with Crippen molar-refractivity contribution >= 4 is 34.0 Å². The molecule has 0 unspecified atom stereocenters. The van der Waals surface area contributed by atoms with Crippen molar-refractivity contribution in [3.05, 3.63) is 108 Å². The molecule has 0 spiro atoms. The van der Waals surface area contributed by atoms with E-state index >= 15 is 0 Å². The number of nitrogens with two attached hydrogens (primary N) is 1. The van der Waals surface area contributed by atoms with Crippen LogP contribution in [-0.4, -0.2) is 15.9 Å². The van der Waals surface area contributed by atoms with Gasteiger partial charge in [0.2, 0.25) is 0 Å². The van der Waals surface area contributed by atoms with Gasteiger partial charge < -0.3 is 10.3 Å². The molecule has 4 nitrogen and oxygen atoms in total. The fourth-order valence-corrected chi connectivity index (χ4v) is 3.72. The van der Waals surface area contributed by atoms with Gasteiger partial charge in [-0.2, -0.15) is 5.10 Å². The Labute approximate surface area is 174 Å². The van der Waals surface area contributed by atoms with Crippen LogP contribution in [-0.2, 0) is 12.3 Å². The number of fused-ring (bicyclic) bond motifs is 1. The molecular formula is C24H22N4S. The van der Waals surface area contributed by atoms with E-state index in [0.29, 0.717) is 5.17 Å². The maximum absolute atomic E-state index is 5.96. The number of thioether (sulfide) groups is 1. The third-order valence-corrected chi connectivity index (χ3v) is 5.44. The van der Waals surface area contributed by atoms with Gasteiger partial charge in [-0.3, -0.25) is 0 Å². The van der Waals surface area contributed by atoms with Gasteiger partial charge in [0.15, 0.2) is 5.17 Å². The highest BCUT2D eigenvalue weighted by molar-refractivity contribution is 8.13. The Hall–Kier alpha value is -3.31. The Balaban J connectivity index is 1.44. The fraction of sp³-hybridized carbons (Fsp3) is 0.0833. The number of benzene rings is 3. The predicted molar refractivity (Wildman–Crippen MR) is 124 cm³/mol. The number of aromatic nitrogens is 1. The van der Waals surface area contributed by atoms with Gasteiger partial charge in [-0.15, -0.1) is 5.10 Å². The third-order valence-electron chi connectivity index (χ3n) is 4.59. The minimum atomic E-state index is 0.457. The predicted octanol–water partition coefficient (Wildman–Crippen LogP) is 5.27. The van der Waals surface area contributed by atoms with E-state index in [2.05, 4.69) is 75.6 Å². The molecule has 1 aromatic heterocycles. The molecule has 0 aliphatic rings. The van der Waals surface area contributed by atoms with Gasteiger partial charge in [0.05, 0.1) is 6.21 Å². The first-order chi connectivity index (χ1) is 14.3. The lowest BCUT2D eigenvalue weighted by Crippen LogP contribution is -2.06. The standard InChI is InChI=1S/C24H22N4S/c25-24(29-18-20-9-5-2-6-10-20)27-26-16-21-11-12-22-13-14-28(23(22)15-21)17-19-7-3-1-4-8-19/h1-16H,17-18H2,(H2,25,27). The van der Waals surface area contributed by atoms with Gasteiger partial charge in [0.25, 0.3) is 0 Å². The Morgan fingerprint density at radius 3 is 2.38 bits per heavy atom. The van der Waals surface area contributed by atoms with Gasteiger partial charge in [-0.25, -0.2) is 0 Å². The largest absolute Gasteiger partial charge is 0.377 e. The Morgan fingerprint density at radius 1 is 0.897 bits per heavy atom. The first kappa shape index (κ1) is 19.0. The Bertz CT molecular complexity index is 1130. The summed E-state index contributed by atoms with van der Waals surface area (Å²) >= 11 is 1.48. The third kappa shape index (κ3) is 5.15. The van der Waals surface area contributed by atoms with Crippen LogP contribution in [0.25, 0.3) is 10.9 Å². The zero-order valence-corrected chi connectivity index (χ0v) is 16.8. The van der Waals surface area contributed by atoms with Crippen molar-refractivity contribution in [1.29, 1.82) is 0 Å². The summed E-state index contributed by atoms with van der Waals surface area (Å²) in [4.78, 5) is 0. The molecule has 5 heteroatoms. The van der Waals surface area contributed by atoms with Crippen molar-refractivity contribution in [2.24, 2.45) is 15.9 Å². The van der Waals surface area contributed by atoms with Crippen LogP contribution in [0.3, 0.4) is 0 Å². The van der Waals surface area contributed by atoms with Gasteiger partial charge in [0, 0.05) is 24.0 Å². The van der Waals surface area contributed by atoms with Crippen LogP contribution in [0.4, 0.5) is 0 Å². The lowest BCUT2D eigenvalue weighted by atomic mass is 10.2. The summed E-state index contributed by atoms with van der Waals surface area (Å²) in [5.74, 6) is 0.782. The second-order valence-electron chi connectivity index (χ2n) is 6.70. The lowest BCUT2D eigenvalue weighted by molar-refractivity contribution is 0.837. The van der Waals surface area contributed by atoms with E-state index in [1.54, 1.807) is 6.21 Å². The molecule has 0 fully saturated rings. The molecule has 3 aromatic carbocycles. The summed E-state index contributed by atoms with van der Waals surface area (Å²) in [6, 6.07) is 29.1. The van der Waals surface area contributed by atoms with Gasteiger partial charge >= 0.3 is 0 Å². The van der Waals surface area contributed by atoms with Crippen molar-refractivity contribution in [2.75, 3.05) is 0 Å². The molecule has 0 radical (unpaired) electrons. The molecule has 144 valence electrons. The summed E-state index contributed by atoms with van der Waals surface area (Å²) in [6.07, 6.45) is 3.87. The second kappa shape index (κ2) is 9.26. The van der Waals surface area contributed by atoms with Crippen molar-refractivity contribution in [3.63, 3.8) is 0 Å². The van der Waals surface area contributed by atoms with Gasteiger partial charge in [-0.1, -0.05) is 84.6 Å². The quantitative estimate of drug-likeness (QED) is 0.273. The molecule has 4 rings (SSSR count). The molecule has 0 saturated carbocycles. The highest BCUT2D eigenvalue weighted by Crippen LogP contribution is 2.19. The highest BCUT2D eigenvalue weighted by atomic mass is 32.2. The zero-order chi connectivity index (χ0) is 19.9. The minimum Gasteiger partial charge on any atom is -0.377 e. The molecule has 29 heavy (non-hydrogen) atoms. The second-order valence-corrected chi connectivity index (χ2v) is 7.70. The van der Waals surface area contributed by atoms with Crippen LogP contribution in [0.5, 0.6) is 0 Å². The highest BCUT2D eigenvalue weighted by Gasteiger charge is 2.03. The molecule has 0 atom stereocenters. The monoisotopic (exact) mass is 398 g/mol. The van der Waals surface area contributed by atoms with Crippen molar-refractivity contribution in [3.8, 4) is 0 Å². The van der Waals surface area contributed by atoms with Crippen molar-refractivity contribution < 1.29 is 0 Å². The first-order valence-electron chi connectivity index (χ1n) is 9.44. The van der Waals surface area contributed by atoms with E-state index in [1.165, 1.54) is 33.8 Å². The molecule has 1 heterocycles. The lowest BCUT2D eigenvalue weighted by Gasteiger charge is -2.06. The number of nitrogens with zero attached hydrogens (tertiary/aromatic N) is 3. The van der Waals surface area contributed by atoms with E-state index < -0.39 is 0 Å². The smallest absolute Gasteiger partial charge is 0.180 e. The van der Waals surface area contributed by atoms with E-state index in [1.807, 2.05) is 30.3 Å². The van der Waals surface area contributed by atoms with Crippen LogP contribution in [0.15, 0.2) is 101 Å². The fourth-order valence-electron chi connectivity index (χ4n) is 3.11. The molecule has 0 aliphatic carbocycles. The van der Waals surface area contributed by atoms with Crippen LogP contribution < -0.4 is 5.73 Å². The van der Waals surface area contributed by atoms with Crippen LogP contribution in [0.2, 0.25) is 0 Å². The SMILES string of the molecule is NC(=NN=Cc1ccc2ccn(Cc3ccccc3)c2c1)SCc1ccccc1. The van der Waals surface area contributed by atoms with E-state index in [4.69, 9.17) is 5.73 Å². The maximum Gasteiger partial charge on any atom is 0.180 e. The van der Waals surface area contributed by atoms with Gasteiger partial charge in [-0.05, 0) is 34.2 Å². The maximum atomic E-state index is 5.96. The zero-order valence-electron chi connectivity index (χ0n) is 16.0. The van der Waals surface area contributed by atoms with Crippen LogP contribution >= 0.6 is 11.8 Å². The topological polar surface area (TPSA) is 55.7 Å². The first-order valence-corrected chi connectivity index (χ1v) is 10.4. The van der Waals surface area contributed by atoms with Crippen LogP contribution in [0, 0.1) is 0 Å². The number of amidine groups is 1. The number of hydrogen-bond donors (Lipinski definition) is 1. The van der Waals surface area contributed by atoms with E-state index in [0.717, 1.165) is 17.9 Å². The summed E-state index contributed by atoms with van der Waals surface area (Å²) in [5, 5.41) is 9.94. The molecule has 2 N–H and O–H groups in total. The molecule has 4 aromatic rings. The Kier molecular flexibility index (Phi) is 6.07. The van der Waals surface area contributed by atoms with Gasteiger partial charge in [0.1, 0.15) is 0 Å². The minimum absolute atomic E-state index is 0.457. The molecule has 0 bridgehead atoms. The summed E-state index contributed by atoms with van der Waals surface area (Å²) in [6.45, 7) is 0.839. The number of hydrogen-bond acceptors (Lipinski definition) is 3. The average Bonchev–Trinajstić information content (AvgIpc) is 3.16. The van der Waals surface area contributed by atoms with Crippen LogP contribution in [0.1, 0.15) is 16.7 Å². The average molecular weight is 399 g/mol. The molecule has 0 saturated heterocycles. The molecule has 0 amide bonds. The normalized spacial score (nSPS) is 12.1. The van der Waals surface area contributed by atoms with Crippen molar-refractivity contribution in [2.45, 2.75) is 12.3 Å². The molecule has 0 aliphatic heterocycles. The van der Waals surface area contributed by atoms with E-state index in [9.17, 15) is 0 Å². The molecular weight excluding hydrogens is 376 g/mol. The van der Waals surface area contributed by atoms with Crippen molar-refractivity contribution in [1.82, 2.24) is 4.57 Å². The summed E-state index contributed by atoms with van der Waals surface area (Å²) in [7, 11) is 0. The Morgan fingerprint density at radius 2 is 1.62 bits per heavy atom. The number of rotatable bonds is 6. The summed E-state index contributed by atoms with van der Waals surface area (Å²) in [5.41, 5.74) is 10.6. The summed E-state index contributed by atoms with van der Waals surface area (Å²) < 4.78 is 2.25.